The maximum atomic E-state index is 12.6. The second-order valence-corrected chi connectivity index (χ2v) is 7.65. The number of carbonyl (C=O) groups excluding carboxylic acids is 1. The average Bonchev–Trinajstić information content (AvgIpc) is 2.79. The molecular weight excluding hydrogens is 268 g/mol. The number of amides is 2. The zero-order chi connectivity index (χ0) is 15.8. The number of likely N-dealkylation sites (tertiary alicyclic amines) is 2. The molecule has 2 atom stereocenters. The quantitative estimate of drug-likeness (QED) is 0.809. The first-order valence-corrected chi connectivity index (χ1v) is 8.00. The van der Waals surface area contributed by atoms with E-state index < -0.39 is 12.0 Å². The van der Waals surface area contributed by atoms with Gasteiger partial charge in [0.05, 0.1) is 0 Å². The smallest absolute Gasteiger partial charge is 0.326 e. The Morgan fingerprint density at radius 2 is 1.62 bits per heavy atom. The molecule has 5 heteroatoms. The van der Waals surface area contributed by atoms with Gasteiger partial charge in [-0.2, -0.15) is 0 Å². The molecule has 120 valence electrons. The van der Waals surface area contributed by atoms with Crippen LogP contribution in [0.1, 0.15) is 47.0 Å². The van der Waals surface area contributed by atoms with E-state index in [-0.39, 0.29) is 17.4 Å². The van der Waals surface area contributed by atoms with E-state index in [0.29, 0.717) is 12.5 Å². The predicted molar refractivity (Wildman–Crippen MR) is 81.1 cm³/mol. The fourth-order valence-electron chi connectivity index (χ4n) is 3.66. The number of rotatable bonds is 1. The van der Waals surface area contributed by atoms with Crippen molar-refractivity contribution in [2.24, 2.45) is 17.3 Å². The summed E-state index contributed by atoms with van der Waals surface area (Å²) in [5, 5.41) is 9.34. The van der Waals surface area contributed by atoms with E-state index in [1.165, 1.54) is 0 Å². The molecule has 5 nitrogen and oxygen atoms in total. The Kier molecular flexibility index (Phi) is 4.49. The first-order chi connectivity index (χ1) is 9.71. The molecule has 0 aromatic carbocycles. The highest BCUT2D eigenvalue weighted by Crippen LogP contribution is 2.35. The molecule has 0 radical (unpaired) electrons. The van der Waals surface area contributed by atoms with Gasteiger partial charge in [0, 0.05) is 19.6 Å². The summed E-state index contributed by atoms with van der Waals surface area (Å²) in [7, 11) is 0. The molecule has 2 aliphatic rings. The van der Waals surface area contributed by atoms with Crippen LogP contribution in [0.25, 0.3) is 0 Å². The monoisotopic (exact) mass is 296 g/mol. The van der Waals surface area contributed by atoms with Crippen LogP contribution in [0.2, 0.25) is 0 Å². The molecule has 2 heterocycles. The molecule has 2 rings (SSSR count). The molecule has 0 saturated carbocycles. The topological polar surface area (TPSA) is 60.9 Å². The Morgan fingerprint density at radius 3 is 2.10 bits per heavy atom. The highest BCUT2D eigenvalue weighted by atomic mass is 16.4. The lowest BCUT2D eigenvalue weighted by molar-refractivity contribution is -0.142. The van der Waals surface area contributed by atoms with Gasteiger partial charge in [-0.3, -0.25) is 0 Å². The van der Waals surface area contributed by atoms with Crippen molar-refractivity contribution in [2.45, 2.75) is 53.0 Å². The van der Waals surface area contributed by atoms with Crippen molar-refractivity contribution in [3.63, 3.8) is 0 Å². The van der Waals surface area contributed by atoms with Gasteiger partial charge in [0.1, 0.15) is 6.04 Å². The van der Waals surface area contributed by atoms with E-state index in [1.807, 2.05) is 11.8 Å². The van der Waals surface area contributed by atoms with Gasteiger partial charge in [0.25, 0.3) is 0 Å². The van der Waals surface area contributed by atoms with Gasteiger partial charge >= 0.3 is 12.0 Å². The second kappa shape index (κ2) is 5.85. The number of carboxylic acids is 1. The lowest BCUT2D eigenvalue weighted by atomic mass is 9.75. The van der Waals surface area contributed by atoms with E-state index in [2.05, 4.69) is 20.8 Å². The minimum absolute atomic E-state index is 0.0403. The fourth-order valence-corrected chi connectivity index (χ4v) is 3.66. The van der Waals surface area contributed by atoms with E-state index in [4.69, 9.17) is 0 Å². The van der Waals surface area contributed by atoms with E-state index in [1.54, 1.807) is 4.90 Å². The number of piperidine rings is 1. The molecule has 0 aromatic rings. The Bertz CT molecular complexity index is 408. The summed E-state index contributed by atoms with van der Waals surface area (Å²) in [5.74, 6) is -0.203. The van der Waals surface area contributed by atoms with Crippen LogP contribution in [0, 0.1) is 17.3 Å². The number of hydrogen-bond donors (Lipinski definition) is 1. The number of nitrogens with zero attached hydrogens (tertiary/aromatic N) is 2. The van der Waals surface area contributed by atoms with Gasteiger partial charge in [-0.25, -0.2) is 9.59 Å². The largest absolute Gasteiger partial charge is 0.480 e. The molecular formula is C16H28N2O3. The molecule has 2 amide bonds. The summed E-state index contributed by atoms with van der Waals surface area (Å²) >= 11 is 0. The maximum absolute atomic E-state index is 12.6. The Labute approximate surface area is 127 Å². The predicted octanol–water partition coefficient (Wildman–Crippen LogP) is 2.66. The molecule has 0 spiro atoms. The van der Waals surface area contributed by atoms with Gasteiger partial charge in [-0.05, 0) is 36.5 Å². The summed E-state index contributed by atoms with van der Waals surface area (Å²) < 4.78 is 0. The Balaban J connectivity index is 1.97. The third kappa shape index (κ3) is 3.33. The molecule has 0 aromatic heterocycles. The average molecular weight is 296 g/mol. The standard InChI is InChI=1S/C16H28N2O3/c1-11-5-10-18(13(11)14(19)20)15(21)17-8-6-12(7-9-17)16(2,3)4/h11-13H,5-10H2,1-4H3,(H,19,20). The van der Waals surface area contributed by atoms with E-state index in [9.17, 15) is 14.7 Å². The first-order valence-electron chi connectivity index (χ1n) is 8.00. The van der Waals surface area contributed by atoms with Crippen LogP contribution in [0.5, 0.6) is 0 Å². The highest BCUT2D eigenvalue weighted by molar-refractivity contribution is 5.83. The fraction of sp³-hybridized carbons (Fsp3) is 0.875. The molecule has 2 saturated heterocycles. The molecule has 0 aliphatic carbocycles. The summed E-state index contributed by atoms with van der Waals surface area (Å²) in [4.78, 5) is 27.4. The minimum Gasteiger partial charge on any atom is -0.480 e. The molecule has 2 unspecified atom stereocenters. The SMILES string of the molecule is CC1CCN(C(=O)N2CCC(C(C)(C)C)CC2)C1C(=O)O. The maximum Gasteiger partial charge on any atom is 0.326 e. The summed E-state index contributed by atoms with van der Waals surface area (Å²) in [6.07, 6.45) is 2.80. The molecule has 1 N–H and O–H groups in total. The van der Waals surface area contributed by atoms with Crippen molar-refractivity contribution in [1.29, 1.82) is 0 Å². The normalized spacial score (nSPS) is 28.0. The number of hydrogen-bond acceptors (Lipinski definition) is 2. The van der Waals surface area contributed by atoms with Crippen LogP contribution in [0.4, 0.5) is 4.79 Å². The number of aliphatic carboxylic acids is 1. The lowest BCUT2D eigenvalue weighted by Crippen LogP contribution is -2.51. The van der Waals surface area contributed by atoms with Gasteiger partial charge in [-0.15, -0.1) is 0 Å². The van der Waals surface area contributed by atoms with Gasteiger partial charge in [0.2, 0.25) is 0 Å². The van der Waals surface area contributed by atoms with Crippen molar-refractivity contribution in [3.05, 3.63) is 0 Å². The second-order valence-electron chi connectivity index (χ2n) is 7.65. The zero-order valence-electron chi connectivity index (χ0n) is 13.6. The Hall–Kier alpha value is -1.26. The van der Waals surface area contributed by atoms with Crippen molar-refractivity contribution >= 4 is 12.0 Å². The minimum atomic E-state index is -0.877. The third-order valence-electron chi connectivity index (χ3n) is 5.19. The molecule has 0 bridgehead atoms. The molecule has 2 fully saturated rings. The summed E-state index contributed by atoms with van der Waals surface area (Å²) in [6.45, 7) is 10.7. The number of carbonyl (C=O) groups is 2. The number of carboxylic acid groups (broad SMARTS) is 1. The number of urea groups is 1. The lowest BCUT2D eigenvalue weighted by Gasteiger charge is -2.40. The van der Waals surface area contributed by atoms with E-state index in [0.717, 1.165) is 32.4 Å². The zero-order valence-corrected chi connectivity index (χ0v) is 13.6. The van der Waals surface area contributed by atoms with Crippen LogP contribution in [-0.2, 0) is 4.79 Å². The van der Waals surface area contributed by atoms with Crippen LogP contribution in [0.15, 0.2) is 0 Å². The van der Waals surface area contributed by atoms with Gasteiger partial charge < -0.3 is 14.9 Å². The van der Waals surface area contributed by atoms with Crippen LogP contribution < -0.4 is 0 Å². The summed E-state index contributed by atoms with van der Waals surface area (Å²) in [5.41, 5.74) is 0.279. The van der Waals surface area contributed by atoms with E-state index >= 15 is 0 Å². The van der Waals surface area contributed by atoms with Crippen LogP contribution in [0.3, 0.4) is 0 Å². The van der Waals surface area contributed by atoms with Crippen molar-refractivity contribution < 1.29 is 14.7 Å². The first kappa shape index (κ1) is 16.1. The van der Waals surface area contributed by atoms with Gasteiger partial charge in [-0.1, -0.05) is 27.7 Å². The van der Waals surface area contributed by atoms with Crippen molar-refractivity contribution in [1.82, 2.24) is 9.80 Å². The van der Waals surface area contributed by atoms with Crippen LogP contribution in [-0.4, -0.2) is 52.6 Å². The Morgan fingerprint density at radius 1 is 1.05 bits per heavy atom. The molecule has 21 heavy (non-hydrogen) atoms. The van der Waals surface area contributed by atoms with Crippen LogP contribution >= 0.6 is 0 Å². The summed E-state index contributed by atoms with van der Waals surface area (Å²) in [6, 6.07) is -0.739. The third-order valence-corrected chi connectivity index (χ3v) is 5.19. The van der Waals surface area contributed by atoms with Crippen molar-refractivity contribution in [3.8, 4) is 0 Å². The highest BCUT2D eigenvalue weighted by Gasteiger charge is 2.42. The van der Waals surface area contributed by atoms with Crippen molar-refractivity contribution in [2.75, 3.05) is 19.6 Å². The van der Waals surface area contributed by atoms with Gasteiger partial charge in [0.15, 0.2) is 0 Å². The molecule has 2 aliphatic heterocycles.